The summed E-state index contributed by atoms with van der Waals surface area (Å²) in [6.07, 6.45) is 2.11. The molecule has 3 rings (SSSR count). The fourth-order valence-electron chi connectivity index (χ4n) is 3.88. The quantitative estimate of drug-likeness (QED) is 0.597. The second-order valence-corrected chi connectivity index (χ2v) is 11.9. The van der Waals surface area contributed by atoms with Crippen molar-refractivity contribution >= 4 is 26.0 Å². The number of nitrogens with one attached hydrogen (secondary N) is 1. The van der Waals surface area contributed by atoms with E-state index in [0.29, 0.717) is 12.8 Å². The SMILES string of the molecule is CN(C1CCN(C(=O)[C@H](Cc2ccccc2)NS(=O)(=O)c2ccccc2F)CC1)S(C)(=O)=O. The lowest BCUT2D eigenvalue weighted by Gasteiger charge is -2.37. The Morgan fingerprint density at radius 1 is 1.06 bits per heavy atom. The normalized spacial score (nSPS) is 16.7. The number of hydrogen-bond acceptors (Lipinski definition) is 5. The predicted molar refractivity (Wildman–Crippen MR) is 123 cm³/mol. The molecule has 1 N–H and O–H groups in total. The van der Waals surface area contributed by atoms with E-state index in [1.165, 1.54) is 28.4 Å². The monoisotopic (exact) mass is 497 g/mol. The van der Waals surface area contributed by atoms with Crippen molar-refractivity contribution in [3.05, 3.63) is 66.0 Å². The molecule has 8 nitrogen and oxygen atoms in total. The highest BCUT2D eigenvalue weighted by Gasteiger charge is 2.34. The van der Waals surface area contributed by atoms with Crippen molar-refractivity contribution in [1.82, 2.24) is 13.9 Å². The van der Waals surface area contributed by atoms with Gasteiger partial charge in [0, 0.05) is 26.2 Å². The first-order valence-electron chi connectivity index (χ1n) is 10.5. The van der Waals surface area contributed by atoms with E-state index in [1.54, 1.807) is 24.3 Å². The molecule has 0 unspecified atom stereocenters. The fraction of sp³-hybridized carbons (Fsp3) is 0.409. The molecule has 1 saturated heterocycles. The van der Waals surface area contributed by atoms with Crippen LogP contribution in [0, 0.1) is 5.82 Å². The Morgan fingerprint density at radius 2 is 1.64 bits per heavy atom. The summed E-state index contributed by atoms with van der Waals surface area (Å²) in [6, 6.07) is 12.6. The molecule has 2 aromatic carbocycles. The molecule has 11 heteroatoms. The van der Waals surface area contributed by atoms with Crippen molar-refractivity contribution in [3.8, 4) is 0 Å². The smallest absolute Gasteiger partial charge is 0.244 e. The Kier molecular flexibility index (Phi) is 7.88. The van der Waals surface area contributed by atoms with Crippen LogP contribution < -0.4 is 4.72 Å². The van der Waals surface area contributed by atoms with Crippen LogP contribution >= 0.6 is 0 Å². The first-order valence-corrected chi connectivity index (χ1v) is 13.8. The van der Waals surface area contributed by atoms with E-state index >= 15 is 0 Å². The van der Waals surface area contributed by atoms with E-state index in [9.17, 15) is 26.0 Å². The molecule has 0 radical (unpaired) electrons. The van der Waals surface area contributed by atoms with Crippen LogP contribution in [0.15, 0.2) is 59.5 Å². The maximum absolute atomic E-state index is 14.2. The van der Waals surface area contributed by atoms with Gasteiger partial charge in [0.05, 0.1) is 6.26 Å². The maximum Gasteiger partial charge on any atom is 0.244 e. The van der Waals surface area contributed by atoms with Gasteiger partial charge in [-0.05, 0) is 37.0 Å². The van der Waals surface area contributed by atoms with Crippen molar-refractivity contribution in [2.24, 2.45) is 0 Å². The van der Waals surface area contributed by atoms with Crippen LogP contribution in [0.2, 0.25) is 0 Å². The molecule has 0 spiro atoms. The number of nitrogens with zero attached hydrogens (tertiary/aromatic N) is 2. The Bertz CT molecular complexity index is 1180. The number of likely N-dealkylation sites (tertiary alicyclic amines) is 1. The molecule has 33 heavy (non-hydrogen) atoms. The molecule has 0 aliphatic carbocycles. The molecule has 1 aliphatic rings. The number of halogens is 1. The predicted octanol–water partition coefficient (Wildman–Crippen LogP) is 1.60. The summed E-state index contributed by atoms with van der Waals surface area (Å²) < 4.78 is 67.3. The summed E-state index contributed by atoms with van der Waals surface area (Å²) in [7, 11) is -6.14. The molecule has 1 atom stereocenters. The van der Waals surface area contributed by atoms with Crippen LogP contribution in [0.1, 0.15) is 18.4 Å². The second-order valence-electron chi connectivity index (χ2n) is 8.13. The van der Waals surface area contributed by atoms with E-state index < -0.39 is 42.7 Å². The van der Waals surface area contributed by atoms with Gasteiger partial charge in [0.25, 0.3) is 0 Å². The first kappa shape index (κ1) is 25.3. The van der Waals surface area contributed by atoms with Gasteiger partial charge in [-0.2, -0.15) is 4.72 Å². The summed E-state index contributed by atoms with van der Waals surface area (Å²) in [5.41, 5.74) is 0.749. The molecule has 2 aromatic rings. The van der Waals surface area contributed by atoms with E-state index in [0.717, 1.165) is 24.0 Å². The van der Waals surface area contributed by atoms with Crippen LogP contribution in [-0.2, 0) is 31.3 Å². The van der Waals surface area contributed by atoms with Gasteiger partial charge in [-0.3, -0.25) is 4.79 Å². The Morgan fingerprint density at radius 3 is 2.21 bits per heavy atom. The molecule has 0 saturated carbocycles. The molecule has 1 amide bonds. The lowest BCUT2D eigenvalue weighted by atomic mass is 10.0. The zero-order valence-corrected chi connectivity index (χ0v) is 20.1. The molecule has 180 valence electrons. The zero-order valence-electron chi connectivity index (χ0n) is 18.5. The van der Waals surface area contributed by atoms with Crippen LogP contribution in [0.4, 0.5) is 4.39 Å². The average molecular weight is 498 g/mol. The van der Waals surface area contributed by atoms with Gasteiger partial charge in [0.2, 0.25) is 26.0 Å². The molecule has 1 fully saturated rings. The Balaban J connectivity index is 1.80. The van der Waals surface area contributed by atoms with E-state index in [1.807, 2.05) is 6.07 Å². The van der Waals surface area contributed by atoms with Gasteiger partial charge in [0.1, 0.15) is 16.8 Å². The highest BCUT2D eigenvalue weighted by Crippen LogP contribution is 2.20. The Hall–Kier alpha value is -2.34. The summed E-state index contributed by atoms with van der Waals surface area (Å²) >= 11 is 0. The van der Waals surface area contributed by atoms with Gasteiger partial charge < -0.3 is 4.90 Å². The lowest BCUT2D eigenvalue weighted by molar-refractivity contribution is -0.134. The molecule has 1 heterocycles. The summed E-state index contributed by atoms with van der Waals surface area (Å²) in [5, 5.41) is 0. The van der Waals surface area contributed by atoms with Gasteiger partial charge in [-0.25, -0.2) is 25.5 Å². The molecule has 0 bridgehead atoms. The third-order valence-electron chi connectivity index (χ3n) is 5.82. The van der Waals surface area contributed by atoms with Gasteiger partial charge in [-0.15, -0.1) is 0 Å². The molecular formula is C22H28FN3O5S2. The number of carbonyl (C=O) groups is 1. The number of rotatable bonds is 8. The topological polar surface area (TPSA) is 104 Å². The van der Waals surface area contributed by atoms with Gasteiger partial charge in [0.15, 0.2) is 0 Å². The summed E-state index contributed by atoms with van der Waals surface area (Å²) in [5.74, 6) is -1.33. The molecular weight excluding hydrogens is 469 g/mol. The van der Waals surface area contributed by atoms with Gasteiger partial charge >= 0.3 is 0 Å². The number of piperidine rings is 1. The first-order chi connectivity index (χ1) is 15.5. The standard InChI is InChI=1S/C22H28FN3O5S2/c1-25(32(2,28)29)18-12-14-26(15-13-18)22(27)20(16-17-8-4-3-5-9-17)24-33(30,31)21-11-7-6-10-19(21)23/h3-11,18,20,24H,12-16H2,1-2H3/t20-/m0/s1. The number of amides is 1. The number of sulfonamides is 2. The highest BCUT2D eigenvalue weighted by molar-refractivity contribution is 7.89. The van der Waals surface area contributed by atoms with E-state index in [-0.39, 0.29) is 25.6 Å². The third-order valence-corrected chi connectivity index (χ3v) is 8.67. The zero-order chi connectivity index (χ0) is 24.2. The lowest BCUT2D eigenvalue weighted by Crippen LogP contribution is -2.53. The fourth-order valence-corrected chi connectivity index (χ4v) is 5.90. The average Bonchev–Trinajstić information content (AvgIpc) is 2.78. The molecule has 0 aromatic heterocycles. The maximum atomic E-state index is 14.2. The van der Waals surface area contributed by atoms with E-state index in [4.69, 9.17) is 0 Å². The summed E-state index contributed by atoms with van der Waals surface area (Å²) in [6.45, 7) is 0.576. The number of benzene rings is 2. The minimum atomic E-state index is -4.30. The number of hydrogen-bond donors (Lipinski definition) is 1. The second kappa shape index (κ2) is 10.3. The largest absolute Gasteiger partial charge is 0.341 e. The van der Waals surface area contributed by atoms with Crippen molar-refractivity contribution in [2.75, 3.05) is 26.4 Å². The van der Waals surface area contributed by atoms with Crippen LogP contribution in [0.5, 0.6) is 0 Å². The Labute approximate surface area is 194 Å². The highest BCUT2D eigenvalue weighted by atomic mass is 32.2. The van der Waals surface area contributed by atoms with Crippen molar-refractivity contribution < 1.29 is 26.0 Å². The summed E-state index contributed by atoms with van der Waals surface area (Å²) in [4.78, 5) is 14.4. The molecule has 1 aliphatic heterocycles. The van der Waals surface area contributed by atoms with E-state index in [2.05, 4.69) is 4.72 Å². The third kappa shape index (κ3) is 6.38. The van der Waals surface area contributed by atoms with Crippen molar-refractivity contribution in [1.29, 1.82) is 0 Å². The minimum Gasteiger partial charge on any atom is -0.341 e. The van der Waals surface area contributed by atoms with Crippen LogP contribution in [0.3, 0.4) is 0 Å². The number of carbonyl (C=O) groups excluding carboxylic acids is 1. The van der Waals surface area contributed by atoms with Crippen molar-refractivity contribution in [3.63, 3.8) is 0 Å². The van der Waals surface area contributed by atoms with Crippen LogP contribution in [0.25, 0.3) is 0 Å². The van der Waals surface area contributed by atoms with Crippen molar-refractivity contribution in [2.45, 2.75) is 36.2 Å². The van der Waals surface area contributed by atoms with Gasteiger partial charge in [-0.1, -0.05) is 42.5 Å². The van der Waals surface area contributed by atoms with Crippen LogP contribution in [-0.4, -0.2) is 70.4 Å². The minimum absolute atomic E-state index is 0.0938.